The average Bonchev–Trinajstić information content (AvgIpc) is 2.22. The predicted molar refractivity (Wildman–Crippen MR) is 83.9 cm³/mol. The summed E-state index contributed by atoms with van der Waals surface area (Å²) in [6.45, 7) is 0. The second-order valence-electron chi connectivity index (χ2n) is 3.62. The Balaban J connectivity index is 3.03. The maximum atomic E-state index is 10.8. The zero-order chi connectivity index (χ0) is 14.8. The van der Waals surface area contributed by atoms with Crippen molar-refractivity contribution in [3.63, 3.8) is 0 Å². The first-order valence-corrected chi connectivity index (χ1v) is 8.50. The highest BCUT2D eigenvalue weighted by Crippen LogP contribution is 2.42. The normalized spacial score (nSPS) is 13.1. The molecule has 0 fully saturated rings. The summed E-state index contributed by atoms with van der Waals surface area (Å²) in [5, 5.41) is 8.73. The lowest BCUT2D eigenvalue weighted by molar-refractivity contribution is -0.138. The molecule has 106 valence electrons. The first-order chi connectivity index (χ1) is 8.60. The van der Waals surface area contributed by atoms with Crippen LogP contribution in [0.4, 0.5) is 0 Å². The average molecular weight is 513 g/mol. The van der Waals surface area contributed by atoms with Crippen LogP contribution in [-0.2, 0) is 15.8 Å². The topological polar surface area (TPSA) is 130 Å². The number of carboxylic acids is 1. The molecule has 1 aromatic rings. The van der Waals surface area contributed by atoms with Crippen molar-refractivity contribution in [2.75, 3.05) is 0 Å². The van der Waals surface area contributed by atoms with Crippen molar-refractivity contribution >= 4 is 59.0 Å². The summed E-state index contributed by atoms with van der Waals surface area (Å²) >= 11 is 3.71. The molecule has 7 nitrogen and oxygen atoms in total. The summed E-state index contributed by atoms with van der Waals surface area (Å²) in [5.74, 6) is -1.04. The molecule has 0 aromatic heterocycles. The molecular formula is C9H10I2NO6P. The molecule has 1 rings (SSSR count). The lowest BCUT2D eigenvalue weighted by atomic mass is 10.1. The van der Waals surface area contributed by atoms with Gasteiger partial charge in [-0.2, -0.15) is 0 Å². The third-order valence-electron chi connectivity index (χ3n) is 2.04. The van der Waals surface area contributed by atoms with Crippen LogP contribution in [0.3, 0.4) is 0 Å². The van der Waals surface area contributed by atoms with E-state index in [1.54, 1.807) is 12.1 Å². The summed E-state index contributed by atoms with van der Waals surface area (Å²) in [7, 11) is -4.63. The SMILES string of the molecule is NC(Cc1cc(I)c(OP(=O)(O)O)c(I)c1)C(=O)O. The van der Waals surface area contributed by atoms with E-state index in [2.05, 4.69) is 4.52 Å². The Morgan fingerprint density at radius 3 is 2.21 bits per heavy atom. The molecule has 0 aliphatic rings. The number of phosphoric ester groups is 1. The minimum absolute atomic E-state index is 0.0715. The smallest absolute Gasteiger partial charge is 0.480 e. The van der Waals surface area contributed by atoms with Crippen molar-refractivity contribution in [2.24, 2.45) is 5.73 Å². The predicted octanol–water partition coefficient (Wildman–Crippen LogP) is 1.32. The van der Waals surface area contributed by atoms with Crippen LogP contribution < -0.4 is 10.3 Å². The van der Waals surface area contributed by atoms with Gasteiger partial charge in [-0.05, 0) is 69.3 Å². The molecule has 0 heterocycles. The van der Waals surface area contributed by atoms with Gasteiger partial charge in [0, 0.05) is 0 Å². The van der Waals surface area contributed by atoms with E-state index >= 15 is 0 Å². The molecule has 5 N–H and O–H groups in total. The zero-order valence-electron chi connectivity index (χ0n) is 9.29. The number of aliphatic carboxylic acids is 1. The third-order valence-corrected chi connectivity index (χ3v) is 4.06. The number of hydrogen-bond acceptors (Lipinski definition) is 4. The molecule has 0 spiro atoms. The number of benzene rings is 1. The van der Waals surface area contributed by atoms with Gasteiger partial charge >= 0.3 is 13.8 Å². The second kappa shape index (κ2) is 6.68. The minimum Gasteiger partial charge on any atom is -0.480 e. The molecule has 1 aromatic carbocycles. The van der Waals surface area contributed by atoms with Gasteiger partial charge in [-0.15, -0.1) is 0 Å². The van der Waals surface area contributed by atoms with Gasteiger partial charge in [-0.25, -0.2) is 4.57 Å². The van der Waals surface area contributed by atoms with Gasteiger partial charge in [0.15, 0.2) is 5.75 Å². The lowest BCUT2D eigenvalue weighted by Crippen LogP contribution is -2.32. The fourth-order valence-electron chi connectivity index (χ4n) is 1.28. The van der Waals surface area contributed by atoms with Crippen molar-refractivity contribution in [1.29, 1.82) is 0 Å². The van der Waals surface area contributed by atoms with Crippen molar-refractivity contribution < 1.29 is 28.8 Å². The van der Waals surface area contributed by atoms with Gasteiger partial charge in [0.25, 0.3) is 0 Å². The fraction of sp³-hybridized carbons (Fsp3) is 0.222. The summed E-state index contributed by atoms with van der Waals surface area (Å²) in [6, 6.07) is 2.13. The molecule has 0 amide bonds. The summed E-state index contributed by atoms with van der Waals surface area (Å²) in [6.07, 6.45) is 0.123. The van der Waals surface area contributed by atoms with Crippen LogP contribution in [0.25, 0.3) is 0 Å². The highest BCUT2D eigenvalue weighted by Gasteiger charge is 2.21. The number of rotatable bonds is 5. The quantitative estimate of drug-likeness (QED) is 0.346. The number of carboxylic acid groups (broad SMARTS) is 1. The standard InChI is InChI=1S/C9H10I2NO6P/c10-5-1-4(3-7(12)9(13)14)2-6(11)8(5)18-19(15,16)17/h1-2,7H,3,12H2,(H,13,14)(H2,15,16,17). The van der Waals surface area contributed by atoms with Crippen LogP contribution in [0.2, 0.25) is 0 Å². The van der Waals surface area contributed by atoms with Crippen molar-refractivity contribution in [3.05, 3.63) is 24.8 Å². The van der Waals surface area contributed by atoms with E-state index < -0.39 is 19.8 Å². The van der Waals surface area contributed by atoms with Gasteiger partial charge in [0.05, 0.1) is 7.14 Å². The van der Waals surface area contributed by atoms with Crippen LogP contribution in [0.5, 0.6) is 5.75 Å². The Morgan fingerprint density at radius 2 is 1.84 bits per heavy atom. The molecule has 0 saturated carbocycles. The Morgan fingerprint density at radius 1 is 1.37 bits per heavy atom. The van der Waals surface area contributed by atoms with E-state index in [-0.39, 0.29) is 12.2 Å². The Hall–Kier alpha value is 0.0600. The number of halogens is 2. The van der Waals surface area contributed by atoms with E-state index in [0.717, 1.165) is 0 Å². The number of phosphoric acid groups is 1. The highest BCUT2D eigenvalue weighted by molar-refractivity contribution is 14.1. The maximum Gasteiger partial charge on any atom is 0.524 e. The van der Waals surface area contributed by atoms with Crippen LogP contribution in [0.1, 0.15) is 5.56 Å². The van der Waals surface area contributed by atoms with Crippen LogP contribution >= 0.6 is 53.0 Å². The van der Waals surface area contributed by atoms with Crippen molar-refractivity contribution in [3.8, 4) is 5.75 Å². The first-order valence-electron chi connectivity index (χ1n) is 4.81. The molecule has 0 bridgehead atoms. The molecule has 0 aliphatic heterocycles. The van der Waals surface area contributed by atoms with E-state index in [0.29, 0.717) is 12.7 Å². The first kappa shape index (κ1) is 17.1. The minimum atomic E-state index is -4.63. The number of carbonyl (C=O) groups is 1. The van der Waals surface area contributed by atoms with Gasteiger partial charge in [0.1, 0.15) is 6.04 Å². The van der Waals surface area contributed by atoms with Crippen LogP contribution in [0, 0.1) is 7.14 Å². The van der Waals surface area contributed by atoms with Crippen LogP contribution in [0.15, 0.2) is 12.1 Å². The lowest BCUT2D eigenvalue weighted by Gasteiger charge is -2.13. The van der Waals surface area contributed by atoms with Gasteiger partial charge in [-0.1, -0.05) is 0 Å². The summed E-state index contributed by atoms with van der Waals surface area (Å²) in [5.41, 5.74) is 6.08. The molecule has 10 heteroatoms. The highest BCUT2D eigenvalue weighted by atomic mass is 127. The second-order valence-corrected chi connectivity index (χ2v) is 7.11. The zero-order valence-corrected chi connectivity index (χ0v) is 14.5. The monoisotopic (exact) mass is 513 g/mol. The van der Waals surface area contributed by atoms with Crippen molar-refractivity contribution in [1.82, 2.24) is 0 Å². The Kier molecular flexibility index (Phi) is 6.01. The van der Waals surface area contributed by atoms with Gasteiger partial charge < -0.3 is 15.4 Å². The van der Waals surface area contributed by atoms with E-state index in [9.17, 15) is 9.36 Å². The van der Waals surface area contributed by atoms with E-state index in [1.807, 2.05) is 45.2 Å². The molecule has 0 saturated heterocycles. The molecule has 0 radical (unpaired) electrons. The molecular weight excluding hydrogens is 503 g/mol. The van der Waals surface area contributed by atoms with Crippen LogP contribution in [-0.4, -0.2) is 26.9 Å². The number of hydrogen-bond donors (Lipinski definition) is 4. The van der Waals surface area contributed by atoms with E-state index in [1.165, 1.54) is 0 Å². The molecule has 1 unspecified atom stereocenters. The van der Waals surface area contributed by atoms with Gasteiger partial charge in [-0.3, -0.25) is 14.6 Å². The maximum absolute atomic E-state index is 10.8. The third kappa shape index (κ3) is 5.52. The Bertz CT molecular complexity index is 523. The molecule has 0 aliphatic carbocycles. The molecule has 19 heavy (non-hydrogen) atoms. The number of nitrogens with two attached hydrogens (primary N) is 1. The summed E-state index contributed by atoms with van der Waals surface area (Å²) < 4.78 is 16.3. The summed E-state index contributed by atoms with van der Waals surface area (Å²) in [4.78, 5) is 28.3. The fourth-order valence-corrected chi connectivity index (χ4v) is 4.18. The van der Waals surface area contributed by atoms with Crippen molar-refractivity contribution in [2.45, 2.75) is 12.5 Å². The van der Waals surface area contributed by atoms with Gasteiger partial charge in [0.2, 0.25) is 0 Å². The Labute approximate surface area is 136 Å². The van der Waals surface area contributed by atoms with E-state index in [4.69, 9.17) is 20.6 Å². The molecule has 1 atom stereocenters. The largest absolute Gasteiger partial charge is 0.524 e.